The average molecular weight is 451 g/mol. The maximum atomic E-state index is 13.0. The zero-order chi connectivity index (χ0) is 24.2. The molecule has 0 N–H and O–H groups in total. The van der Waals surface area contributed by atoms with Gasteiger partial charge in [0.2, 0.25) is 0 Å². The lowest BCUT2D eigenvalue weighted by Crippen LogP contribution is -2.38. The summed E-state index contributed by atoms with van der Waals surface area (Å²) in [4.78, 5) is 15.5. The molecule has 0 unspecified atom stereocenters. The molecule has 0 atom stereocenters. The van der Waals surface area contributed by atoms with Crippen LogP contribution >= 0.6 is 0 Å². The molecule has 33 heavy (non-hydrogen) atoms. The maximum Gasteiger partial charge on any atom is 0.419 e. The number of nitrogens with zero attached hydrogens (tertiary/aromatic N) is 2. The molecule has 0 saturated heterocycles. The van der Waals surface area contributed by atoms with Crippen LogP contribution in [0.15, 0.2) is 54.7 Å². The van der Waals surface area contributed by atoms with Gasteiger partial charge >= 0.3 is 6.09 Å². The lowest BCUT2D eigenvalue weighted by molar-refractivity contribution is 0.0544. The van der Waals surface area contributed by atoms with Gasteiger partial charge in [-0.25, -0.2) is 4.79 Å². The van der Waals surface area contributed by atoms with Crippen molar-refractivity contribution in [2.45, 2.75) is 79.2 Å². The molecule has 0 radical (unpaired) electrons. The molecule has 5 heteroatoms. The Balaban J connectivity index is 1.99. The van der Waals surface area contributed by atoms with Crippen LogP contribution in [0.1, 0.15) is 59.6 Å². The Morgan fingerprint density at radius 3 is 2.24 bits per heavy atom. The average Bonchev–Trinajstić information content (AvgIpc) is 3.11. The Morgan fingerprint density at radius 1 is 0.970 bits per heavy atom. The van der Waals surface area contributed by atoms with E-state index in [2.05, 4.69) is 44.7 Å². The molecule has 0 amide bonds. The summed E-state index contributed by atoms with van der Waals surface area (Å²) in [6.07, 6.45) is 2.37. The van der Waals surface area contributed by atoms with Gasteiger partial charge in [-0.2, -0.15) is 0 Å². The fraction of sp³-hybridized carbons (Fsp3) is 0.464. The Hall–Kier alpha value is -2.79. The minimum absolute atomic E-state index is 0.372. The predicted octanol–water partition coefficient (Wildman–Crippen LogP) is 6.66. The van der Waals surface area contributed by atoms with Crippen molar-refractivity contribution in [2.24, 2.45) is 0 Å². The molecule has 0 bridgehead atoms. The normalized spacial score (nSPS) is 12.2. The molecule has 0 aliphatic heterocycles. The minimum atomic E-state index is -0.568. The number of hydrogen-bond donors (Lipinski definition) is 0. The van der Waals surface area contributed by atoms with Crippen molar-refractivity contribution < 1.29 is 14.3 Å². The molecule has 3 rings (SSSR count). The van der Waals surface area contributed by atoms with Crippen molar-refractivity contribution >= 4 is 17.0 Å². The molecular formula is C28H38N2O3. The molecule has 178 valence electrons. The number of benzene rings is 2. The number of hydrogen-bond acceptors (Lipinski definition) is 4. The van der Waals surface area contributed by atoms with E-state index in [1.807, 2.05) is 63.4 Å². The number of aromatic nitrogens is 1. The summed E-state index contributed by atoms with van der Waals surface area (Å²) < 4.78 is 13.6. The first-order valence-corrected chi connectivity index (χ1v) is 11.9. The van der Waals surface area contributed by atoms with Gasteiger partial charge in [0.25, 0.3) is 0 Å². The third kappa shape index (κ3) is 6.38. The highest BCUT2D eigenvalue weighted by Gasteiger charge is 2.23. The molecule has 0 aliphatic rings. The first kappa shape index (κ1) is 24.8. The standard InChI is InChI=1S/C28H38N2O3/c1-20(2)29(21(3)4)17-16-23-18-30(27(31)33-28(5,6)7)24-14-11-15-25(26(23)24)32-19-22-12-9-8-10-13-22/h8-15,18,20-21H,16-17,19H2,1-7H3. The molecule has 1 heterocycles. The van der Waals surface area contributed by atoms with E-state index in [0.717, 1.165) is 40.7 Å². The van der Waals surface area contributed by atoms with Gasteiger partial charge in [-0.1, -0.05) is 36.4 Å². The van der Waals surface area contributed by atoms with Gasteiger partial charge in [0.15, 0.2) is 0 Å². The first-order valence-electron chi connectivity index (χ1n) is 11.9. The van der Waals surface area contributed by atoms with Crippen LogP contribution in [-0.2, 0) is 17.8 Å². The van der Waals surface area contributed by atoms with Gasteiger partial charge in [-0.3, -0.25) is 9.47 Å². The lowest BCUT2D eigenvalue weighted by Gasteiger charge is -2.30. The Morgan fingerprint density at radius 2 is 1.64 bits per heavy atom. The van der Waals surface area contributed by atoms with Crippen molar-refractivity contribution in [1.29, 1.82) is 0 Å². The smallest absolute Gasteiger partial charge is 0.419 e. The Bertz CT molecular complexity index is 1050. The highest BCUT2D eigenvalue weighted by atomic mass is 16.6. The Labute approximate surface area is 198 Å². The van der Waals surface area contributed by atoms with Gasteiger partial charge < -0.3 is 9.47 Å². The van der Waals surface area contributed by atoms with E-state index in [-0.39, 0.29) is 6.09 Å². The van der Waals surface area contributed by atoms with Crippen LogP contribution in [0, 0.1) is 0 Å². The second-order valence-electron chi connectivity index (χ2n) is 10.1. The largest absolute Gasteiger partial charge is 0.488 e. The summed E-state index contributed by atoms with van der Waals surface area (Å²) in [5, 5.41) is 0.978. The van der Waals surface area contributed by atoms with E-state index >= 15 is 0 Å². The van der Waals surface area contributed by atoms with Crippen LogP contribution in [0.2, 0.25) is 0 Å². The van der Waals surface area contributed by atoms with E-state index in [0.29, 0.717) is 18.7 Å². The monoisotopic (exact) mass is 450 g/mol. The van der Waals surface area contributed by atoms with Crippen LogP contribution < -0.4 is 4.74 Å². The van der Waals surface area contributed by atoms with Gasteiger partial charge in [0.05, 0.1) is 5.52 Å². The van der Waals surface area contributed by atoms with Crippen LogP contribution in [0.4, 0.5) is 4.79 Å². The number of carbonyl (C=O) groups is 1. The molecule has 0 spiro atoms. The van der Waals surface area contributed by atoms with Gasteiger partial charge in [-0.15, -0.1) is 0 Å². The number of fused-ring (bicyclic) bond motifs is 1. The van der Waals surface area contributed by atoms with E-state index in [9.17, 15) is 4.79 Å². The summed E-state index contributed by atoms with van der Waals surface area (Å²) in [5.74, 6) is 0.786. The zero-order valence-corrected chi connectivity index (χ0v) is 21.1. The molecule has 0 fully saturated rings. The van der Waals surface area contributed by atoms with Crippen molar-refractivity contribution in [2.75, 3.05) is 6.54 Å². The molecule has 5 nitrogen and oxygen atoms in total. The highest BCUT2D eigenvalue weighted by molar-refractivity contribution is 5.96. The van der Waals surface area contributed by atoms with E-state index in [1.165, 1.54) is 0 Å². The summed E-state index contributed by atoms with van der Waals surface area (Å²) in [6.45, 7) is 15.9. The zero-order valence-electron chi connectivity index (χ0n) is 21.1. The number of ether oxygens (including phenoxy) is 2. The number of carbonyl (C=O) groups excluding carboxylic acids is 1. The summed E-state index contributed by atoms with van der Waals surface area (Å²) in [6, 6.07) is 16.9. The van der Waals surface area contributed by atoms with Crippen molar-refractivity contribution in [3.8, 4) is 5.75 Å². The van der Waals surface area contributed by atoms with E-state index in [4.69, 9.17) is 9.47 Å². The summed E-state index contributed by atoms with van der Waals surface area (Å²) in [5.41, 5.74) is 2.44. The van der Waals surface area contributed by atoms with Crippen LogP contribution in [0.5, 0.6) is 5.75 Å². The quantitative estimate of drug-likeness (QED) is 0.385. The number of rotatable bonds is 8. The van der Waals surface area contributed by atoms with Crippen molar-refractivity contribution in [3.05, 3.63) is 65.9 Å². The fourth-order valence-corrected chi connectivity index (χ4v) is 4.20. The van der Waals surface area contributed by atoms with Gasteiger partial charge in [0.1, 0.15) is 18.0 Å². The second kappa shape index (κ2) is 10.4. The second-order valence-corrected chi connectivity index (χ2v) is 10.1. The Kier molecular flexibility index (Phi) is 7.85. The fourth-order valence-electron chi connectivity index (χ4n) is 4.20. The lowest BCUT2D eigenvalue weighted by atomic mass is 10.1. The molecule has 0 saturated carbocycles. The minimum Gasteiger partial charge on any atom is -0.488 e. The molecule has 2 aromatic carbocycles. The van der Waals surface area contributed by atoms with Gasteiger partial charge in [0, 0.05) is 30.2 Å². The third-order valence-electron chi connectivity index (χ3n) is 5.66. The first-order chi connectivity index (χ1) is 15.6. The SMILES string of the molecule is CC(C)N(CCc1cn(C(=O)OC(C)(C)C)c2cccc(OCc3ccccc3)c12)C(C)C. The van der Waals surface area contributed by atoms with Crippen LogP contribution in [-0.4, -0.2) is 39.8 Å². The van der Waals surface area contributed by atoms with Crippen LogP contribution in [0.3, 0.4) is 0 Å². The highest BCUT2D eigenvalue weighted by Crippen LogP contribution is 2.32. The van der Waals surface area contributed by atoms with Crippen LogP contribution in [0.25, 0.3) is 10.9 Å². The van der Waals surface area contributed by atoms with E-state index < -0.39 is 5.60 Å². The molecule has 3 aromatic rings. The molecular weight excluding hydrogens is 412 g/mol. The maximum absolute atomic E-state index is 13.0. The van der Waals surface area contributed by atoms with Crippen molar-refractivity contribution in [1.82, 2.24) is 9.47 Å². The predicted molar refractivity (Wildman–Crippen MR) is 135 cm³/mol. The molecule has 1 aromatic heterocycles. The summed E-state index contributed by atoms with van der Waals surface area (Å²) >= 11 is 0. The van der Waals surface area contributed by atoms with Gasteiger partial charge in [-0.05, 0) is 78.1 Å². The molecule has 0 aliphatic carbocycles. The summed E-state index contributed by atoms with van der Waals surface area (Å²) in [7, 11) is 0. The third-order valence-corrected chi connectivity index (χ3v) is 5.66. The van der Waals surface area contributed by atoms with E-state index in [1.54, 1.807) is 4.57 Å². The topological polar surface area (TPSA) is 43.7 Å². The van der Waals surface area contributed by atoms with Crippen molar-refractivity contribution in [3.63, 3.8) is 0 Å².